The van der Waals surface area contributed by atoms with Crippen molar-refractivity contribution in [3.8, 4) is 0 Å². The second-order valence-electron chi connectivity index (χ2n) is 8.30. The highest BCUT2D eigenvalue weighted by molar-refractivity contribution is 4.70. The Kier molecular flexibility index (Phi) is 12.1. The zero-order valence-electron chi connectivity index (χ0n) is 18.8. The molecule has 2 fully saturated rings. The molecule has 0 aromatic rings. The molecule has 2 aliphatic heterocycles. The molecule has 0 spiro atoms. The molecule has 2 saturated heterocycles. The summed E-state index contributed by atoms with van der Waals surface area (Å²) in [6.07, 6.45) is 8.96. The van der Waals surface area contributed by atoms with Gasteiger partial charge in [0.1, 0.15) is 12.2 Å². The minimum atomic E-state index is -1.41. The van der Waals surface area contributed by atoms with Crippen molar-refractivity contribution in [3.63, 3.8) is 0 Å². The Bertz CT molecular complexity index is 411. The van der Waals surface area contributed by atoms with Crippen molar-refractivity contribution in [3.05, 3.63) is 0 Å². The van der Waals surface area contributed by atoms with Gasteiger partial charge in [-0.25, -0.2) is 0 Å². The molecule has 4 unspecified atom stereocenters. The maximum absolute atomic E-state index is 10.0. The molecular weight excluding hydrogens is 392 g/mol. The molecule has 2 heterocycles. The lowest BCUT2D eigenvalue weighted by atomic mass is 10.1. The summed E-state index contributed by atoms with van der Waals surface area (Å²) in [5, 5.41) is 20.0. The first-order chi connectivity index (χ1) is 14.5. The predicted octanol–water partition coefficient (Wildman–Crippen LogP) is 3.08. The van der Waals surface area contributed by atoms with Crippen LogP contribution in [0.15, 0.2) is 0 Å². The molecule has 0 aliphatic carbocycles. The van der Waals surface area contributed by atoms with E-state index in [4.69, 9.17) is 28.4 Å². The van der Waals surface area contributed by atoms with Crippen molar-refractivity contribution in [2.75, 3.05) is 39.6 Å². The van der Waals surface area contributed by atoms with E-state index < -0.39 is 11.9 Å². The van der Waals surface area contributed by atoms with Crippen LogP contribution in [-0.2, 0) is 28.4 Å². The molecule has 178 valence electrons. The minimum Gasteiger partial charge on any atom is -0.379 e. The van der Waals surface area contributed by atoms with Gasteiger partial charge in [0.05, 0.1) is 26.4 Å². The fourth-order valence-electron chi connectivity index (χ4n) is 3.71. The van der Waals surface area contributed by atoms with Crippen LogP contribution in [0, 0.1) is 0 Å². The van der Waals surface area contributed by atoms with Gasteiger partial charge in [-0.05, 0) is 25.7 Å². The molecule has 0 aromatic heterocycles. The number of aliphatic hydroxyl groups is 2. The van der Waals surface area contributed by atoms with E-state index in [1.54, 1.807) is 0 Å². The first-order valence-electron chi connectivity index (χ1n) is 11.7. The highest BCUT2D eigenvalue weighted by Gasteiger charge is 2.39. The van der Waals surface area contributed by atoms with E-state index in [0.717, 1.165) is 38.5 Å². The molecule has 30 heavy (non-hydrogen) atoms. The molecule has 8 nitrogen and oxygen atoms in total. The molecule has 2 N–H and O–H groups in total. The summed E-state index contributed by atoms with van der Waals surface area (Å²) in [5.74, 6) is -2.83. The fraction of sp³-hybridized carbons (Fsp3) is 1.00. The van der Waals surface area contributed by atoms with Crippen LogP contribution in [0.2, 0.25) is 0 Å². The first-order valence-corrected chi connectivity index (χ1v) is 11.7. The average molecular weight is 435 g/mol. The van der Waals surface area contributed by atoms with Gasteiger partial charge in [0, 0.05) is 26.1 Å². The van der Waals surface area contributed by atoms with Crippen molar-refractivity contribution in [1.82, 2.24) is 0 Å². The van der Waals surface area contributed by atoms with E-state index in [0.29, 0.717) is 52.5 Å². The van der Waals surface area contributed by atoms with Gasteiger partial charge in [0.2, 0.25) is 0 Å². The molecule has 0 radical (unpaired) electrons. The summed E-state index contributed by atoms with van der Waals surface area (Å²) in [6, 6.07) is 0. The van der Waals surface area contributed by atoms with Gasteiger partial charge in [-0.15, -0.1) is 0 Å². The van der Waals surface area contributed by atoms with Gasteiger partial charge in [-0.1, -0.05) is 39.5 Å². The van der Waals surface area contributed by atoms with E-state index >= 15 is 0 Å². The highest BCUT2D eigenvalue weighted by atomic mass is 16.9. The lowest BCUT2D eigenvalue weighted by Gasteiger charge is -2.20. The normalized spacial score (nSPS) is 31.6. The van der Waals surface area contributed by atoms with Gasteiger partial charge >= 0.3 is 0 Å². The van der Waals surface area contributed by atoms with Crippen LogP contribution < -0.4 is 0 Å². The SMILES string of the molecule is CCCC1(O)OCC(COCCCCCCCCOCC2COC(O)(CCC)O2)O1. The Morgan fingerprint density at radius 1 is 0.700 bits per heavy atom. The minimum absolute atomic E-state index is 0.178. The van der Waals surface area contributed by atoms with Gasteiger partial charge < -0.3 is 38.6 Å². The number of rotatable bonds is 17. The van der Waals surface area contributed by atoms with Crippen LogP contribution in [0.4, 0.5) is 0 Å². The third-order valence-corrected chi connectivity index (χ3v) is 5.26. The Balaban J connectivity index is 1.32. The number of hydrogen-bond acceptors (Lipinski definition) is 8. The third-order valence-electron chi connectivity index (χ3n) is 5.26. The van der Waals surface area contributed by atoms with Crippen molar-refractivity contribution in [1.29, 1.82) is 0 Å². The largest absolute Gasteiger partial charge is 0.379 e. The van der Waals surface area contributed by atoms with Crippen LogP contribution >= 0.6 is 0 Å². The number of unbranched alkanes of at least 4 members (excludes halogenated alkanes) is 5. The quantitative estimate of drug-likeness (QED) is 0.337. The van der Waals surface area contributed by atoms with Gasteiger partial charge in [-0.3, -0.25) is 0 Å². The van der Waals surface area contributed by atoms with Crippen molar-refractivity contribution < 1.29 is 38.6 Å². The van der Waals surface area contributed by atoms with Crippen molar-refractivity contribution in [2.24, 2.45) is 0 Å². The van der Waals surface area contributed by atoms with E-state index in [-0.39, 0.29) is 12.2 Å². The smallest absolute Gasteiger partial charge is 0.280 e. The summed E-state index contributed by atoms with van der Waals surface area (Å²) in [4.78, 5) is 0. The van der Waals surface area contributed by atoms with Gasteiger partial charge in [0.15, 0.2) is 0 Å². The Labute approximate surface area is 181 Å². The third kappa shape index (κ3) is 9.87. The molecule has 2 rings (SSSR count). The molecule has 0 bridgehead atoms. The summed E-state index contributed by atoms with van der Waals surface area (Å²) < 4.78 is 32.9. The van der Waals surface area contributed by atoms with Crippen LogP contribution in [0.3, 0.4) is 0 Å². The van der Waals surface area contributed by atoms with Crippen LogP contribution in [-0.4, -0.2) is 74.0 Å². The predicted molar refractivity (Wildman–Crippen MR) is 111 cm³/mol. The lowest BCUT2D eigenvalue weighted by molar-refractivity contribution is -0.317. The standard InChI is InChI=1S/C22H42O8/c1-3-11-21(23)27-17-19(29-21)15-25-13-9-7-5-6-8-10-14-26-16-20-18-28-22(24,30-20)12-4-2/h19-20,23-24H,3-18H2,1-2H3. The monoisotopic (exact) mass is 434 g/mol. The van der Waals surface area contributed by atoms with Crippen LogP contribution in [0.5, 0.6) is 0 Å². The van der Waals surface area contributed by atoms with Gasteiger partial charge in [-0.2, -0.15) is 0 Å². The second-order valence-corrected chi connectivity index (χ2v) is 8.30. The first kappa shape index (κ1) is 25.9. The Morgan fingerprint density at radius 2 is 1.10 bits per heavy atom. The average Bonchev–Trinajstić information content (AvgIpc) is 3.26. The molecular formula is C22H42O8. The Hall–Kier alpha value is -0.320. The van der Waals surface area contributed by atoms with Crippen LogP contribution in [0.25, 0.3) is 0 Å². The van der Waals surface area contributed by atoms with E-state index in [9.17, 15) is 10.2 Å². The highest BCUT2D eigenvalue weighted by Crippen LogP contribution is 2.26. The summed E-state index contributed by atoms with van der Waals surface area (Å²) in [6.45, 7) is 7.10. The second kappa shape index (κ2) is 14.0. The summed E-state index contributed by atoms with van der Waals surface area (Å²) in [5.41, 5.74) is 0. The van der Waals surface area contributed by atoms with Crippen molar-refractivity contribution in [2.45, 2.75) is 102 Å². The molecule has 0 saturated carbocycles. The number of hydrogen-bond donors (Lipinski definition) is 2. The van der Waals surface area contributed by atoms with E-state index in [2.05, 4.69) is 0 Å². The summed E-state index contributed by atoms with van der Waals surface area (Å²) >= 11 is 0. The zero-order valence-corrected chi connectivity index (χ0v) is 18.8. The molecule has 2 aliphatic rings. The molecule has 8 heteroatoms. The molecule has 0 aromatic carbocycles. The van der Waals surface area contributed by atoms with E-state index in [1.165, 1.54) is 12.8 Å². The van der Waals surface area contributed by atoms with E-state index in [1.807, 2.05) is 13.8 Å². The number of ether oxygens (including phenoxy) is 6. The topological polar surface area (TPSA) is 95.8 Å². The maximum Gasteiger partial charge on any atom is 0.280 e. The maximum atomic E-state index is 10.0. The fourth-order valence-corrected chi connectivity index (χ4v) is 3.71. The Morgan fingerprint density at radius 3 is 1.50 bits per heavy atom. The van der Waals surface area contributed by atoms with Gasteiger partial charge in [0.25, 0.3) is 11.9 Å². The molecule has 4 atom stereocenters. The summed E-state index contributed by atoms with van der Waals surface area (Å²) in [7, 11) is 0. The lowest BCUT2D eigenvalue weighted by Crippen LogP contribution is -2.31. The molecule has 0 amide bonds. The zero-order chi connectivity index (χ0) is 21.7. The van der Waals surface area contributed by atoms with Crippen molar-refractivity contribution >= 4 is 0 Å². The van der Waals surface area contributed by atoms with Crippen LogP contribution in [0.1, 0.15) is 78.1 Å².